The van der Waals surface area contributed by atoms with Crippen LogP contribution in [0.3, 0.4) is 0 Å². The molecule has 3 atom stereocenters. The van der Waals surface area contributed by atoms with Gasteiger partial charge in [-0.25, -0.2) is 0 Å². The molecular weight excluding hydrogens is 182 g/mol. The van der Waals surface area contributed by atoms with Crippen LogP contribution in [0, 0.1) is 5.92 Å². The molecule has 0 spiro atoms. The minimum atomic E-state index is 0.487. The quantitative estimate of drug-likeness (QED) is 0.792. The van der Waals surface area contributed by atoms with Crippen LogP contribution in [0.1, 0.15) is 44.7 Å². The van der Waals surface area contributed by atoms with Gasteiger partial charge in [-0.05, 0) is 37.7 Å². The molecule has 1 aromatic carbocycles. The van der Waals surface area contributed by atoms with Crippen LogP contribution in [0.5, 0.6) is 0 Å². The monoisotopic (exact) mass is 203 g/mol. The van der Waals surface area contributed by atoms with Crippen molar-refractivity contribution in [2.45, 2.75) is 45.2 Å². The largest absolute Gasteiger partial charge is 0.307 e. The van der Waals surface area contributed by atoms with E-state index in [1.54, 1.807) is 0 Å². The molecule has 1 N–H and O–H groups in total. The number of benzene rings is 1. The van der Waals surface area contributed by atoms with E-state index >= 15 is 0 Å². The summed E-state index contributed by atoms with van der Waals surface area (Å²) in [4.78, 5) is 0. The Labute approximate surface area is 92.9 Å². The van der Waals surface area contributed by atoms with Gasteiger partial charge in [0.25, 0.3) is 0 Å². The van der Waals surface area contributed by atoms with Gasteiger partial charge in [0.2, 0.25) is 0 Å². The van der Waals surface area contributed by atoms with Crippen LogP contribution in [0.2, 0.25) is 0 Å². The Bertz CT molecular complexity index is 293. The lowest BCUT2D eigenvalue weighted by atomic mass is 10.1. The van der Waals surface area contributed by atoms with E-state index in [9.17, 15) is 0 Å². The molecule has 1 saturated carbocycles. The van der Waals surface area contributed by atoms with E-state index in [-0.39, 0.29) is 0 Å². The van der Waals surface area contributed by atoms with Crippen molar-refractivity contribution in [1.82, 2.24) is 5.32 Å². The van der Waals surface area contributed by atoms with E-state index in [2.05, 4.69) is 49.5 Å². The highest BCUT2D eigenvalue weighted by Crippen LogP contribution is 2.26. The summed E-state index contributed by atoms with van der Waals surface area (Å²) < 4.78 is 0. The van der Waals surface area contributed by atoms with Gasteiger partial charge in [0.05, 0.1) is 0 Å². The third kappa shape index (κ3) is 2.82. The Morgan fingerprint density at radius 3 is 2.53 bits per heavy atom. The second-order valence-electron chi connectivity index (χ2n) is 4.91. The molecule has 82 valence electrons. The van der Waals surface area contributed by atoms with Crippen molar-refractivity contribution in [3.8, 4) is 0 Å². The lowest BCUT2D eigenvalue weighted by Crippen LogP contribution is -2.29. The van der Waals surface area contributed by atoms with Crippen molar-refractivity contribution in [1.29, 1.82) is 0 Å². The van der Waals surface area contributed by atoms with Crippen LogP contribution in [0.15, 0.2) is 30.3 Å². The minimum Gasteiger partial charge on any atom is -0.307 e. The summed E-state index contributed by atoms with van der Waals surface area (Å²) >= 11 is 0. The first-order valence-corrected chi connectivity index (χ1v) is 6.06. The predicted octanol–water partition coefficient (Wildman–Crippen LogP) is 3.53. The van der Waals surface area contributed by atoms with Crippen molar-refractivity contribution in [3.05, 3.63) is 35.9 Å². The SMILES string of the molecule is C[C@H]1CC[C@H](N[C@@H](C)c2ccccc2)C1. The summed E-state index contributed by atoms with van der Waals surface area (Å²) in [6, 6.07) is 11.9. The number of hydrogen-bond acceptors (Lipinski definition) is 1. The Morgan fingerprint density at radius 2 is 1.93 bits per heavy atom. The molecule has 0 bridgehead atoms. The maximum Gasteiger partial charge on any atom is 0.0294 e. The third-order valence-corrected chi connectivity index (χ3v) is 3.48. The van der Waals surface area contributed by atoms with E-state index in [1.165, 1.54) is 24.8 Å². The fraction of sp³-hybridized carbons (Fsp3) is 0.571. The van der Waals surface area contributed by atoms with Gasteiger partial charge in [-0.1, -0.05) is 37.3 Å². The summed E-state index contributed by atoms with van der Waals surface area (Å²) in [5.41, 5.74) is 1.40. The molecule has 0 aromatic heterocycles. The highest BCUT2D eigenvalue weighted by atomic mass is 14.9. The van der Waals surface area contributed by atoms with Gasteiger partial charge in [0, 0.05) is 12.1 Å². The van der Waals surface area contributed by atoms with E-state index in [1.807, 2.05) is 0 Å². The lowest BCUT2D eigenvalue weighted by molar-refractivity contribution is 0.449. The molecule has 1 aliphatic rings. The molecule has 15 heavy (non-hydrogen) atoms. The summed E-state index contributed by atoms with van der Waals surface area (Å²) in [7, 11) is 0. The van der Waals surface area contributed by atoms with Crippen molar-refractivity contribution < 1.29 is 0 Å². The van der Waals surface area contributed by atoms with E-state index < -0.39 is 0 Å². The molecule has 0 unspecified atom stereocenters. The van der Waals surface area contributed by atoms with Gasteiger partial charge in [0.1, 0.15) is 0 Å². The number of rotatable bonds is 3. The summed E-state index contributed by atoms with van der Waals surface area (Å²) in [6.45, 7) is 4.62. The first-order valence-electron chi connectivity index (χ1n) is 6.06. The summed E-state index contributed by atoms with van der Waals surface area (Å²) in [5.74, 6) is 0.908. The van der Waals surface area contributed by atoms with Crippen molar-refractivity contribution in [2.24, 2.45) is 5.92 Å². The summed E-state index contributed by atoms with van der Waals surface area (Å²) in [5, 5.41) is 3.73. The zero-order valence-corrected chi connectivity index (χ0v) is 9.74. The predicted molar refractivity (Wildman–Crippen MR) is 64.8 cm³/mol. The molecular formula is C14H21N. The van der Waals surface area contributed by atoms with Gasteiger partial charge < -0.3 is 5.32 Å². The van der Waals surface area contributed by atoms with Crippen LogP contribution in [-0.2, 0) is 0 Å². The Kier molecular flexibility index (Phi) is 3.42. The molecule has 2 rings (SSSR count). The van der Waals surface area contributed by atoms with Gasteiger partial charge >= 0.3 is 0 Å². The second kappa shape index (κ2) is 4.80. The highest BCUT2D eigenvalue weighted by molar-refractivity contribution is 5.18. The average Bonchev–Trinajstić information content (AvgIpc) is 2.65. The molecule has 1 heteroatoms. The second-order valence-corrected chi connectivity index (χ2v) is 4.91. The van der Waals surface area contributed by atoms with Gasteiger partial charge in [-0.15, -0.1) is 0 Å². The average molecular weight is 203 g/mol. The zero-order chi connectivity index (χ0) is 10.7. The van der Waals surface area contributed by atoms with Crippen molar-refractivity contribution in [2.75, 3.05) is 0 Å². The lowest BCUT2D eigenvalue weighted by Gasteiger charge is -2.19. The number of hydrogen-bond donors (Lipinski definition) is 1. The summed E-state index contributed by atoms with van der Waals surface area (Å²) in [6.07, 6.45) is 4.08. The fourth-order valence-electron chi connectivity index (χ4n) is 2.55. The normalized spacial score (nSPS) is 27.9. The van der Waals surface area contributed by atoms with E-state index in [4.69, 9.17) is 0 Å². The van der Waals surface area contributed by atoms with Crippen LogP contribution in [0.25, 0.3) is 0 Å². The van der Waals surface area contributed by atoms with E-state index in [0.717, 1.165) is 12.0 Å². The first-order chi connectivity index (χ1) is 7.25. The van der Waals surface area contributed by atoms with Crippen LogP contribution >= 0.6 is 0 Å². The molecule has 1 aliphatic carbocycles. The molecule has 0 aliphatic heterocycles. The minimum absolute atomic E-state index is 0.487. The Hall–Kier alpha value is -0.820. The molecule has 0 radical (unpaired) electrons. The van der Waals surface area contributed by atoms with E-state index in [0.29, 0.717) is 6.04 Å². The Morgan fingerprint density at radius 1 is 1.20 bits per heavy atom. The molecule has 0 saturated heterocycles. The van der Waals surface area contributed by atoms with Crippen LogP contribution in [0.4, 0.5) is 0 Å². The van der Waals surface area contributed by atoms with Crippen LogP contribution < -0.4 is 5.32 Å². The standard InChI is InChI=1S/C14H21N/c1-11-8-9-14(10-11)15-12(2)13-6-4-3-5-7-13/h3-7,11-12,14-15H,8-10H2,1-2H3/t11-,12-,14-/m0/s1. The third-order valence-electron chi connectivity index (χ3n) is 3.48. The molecule has 0 heterocycles. The van der Waals surface area contributed by atoms with Gasteiger partial charge in [-0.3, -0.25) is 0 Å². The Balaban J connectivity index is 1.90. The molecule has 1 fully saturated rings. The van der Waals surface area contributed by atoms with Gasteiger partial charge in [0.15, 0.2) is 0 Å². The van der Waals surface area contributed by atoms with Crippen molar-refractivity contribution in [3.63, 3.8) is 0 Å². The van der Waals surface area contributed by atoms with Gasteiger partial charge in [-0.2, -0.15) is 0 Å². The first kappa shape index (κ1) is 10.7. The van der Waals surface area contributed by atoms with Crippen molar-refractivity contribution >= 4 is 0 Å². The van der Waals surface area contributed by atoms with Crippen LogP contribution in [-0.4, -0.2) is 6.04 Å². The maximum absolute atomic E-state index is 3.73. The highest BCUT2D eigenvalue weighted by Gasteiger charge is 2.22. The molecule has 1 aromatic rings. The fourth-order valence-corrected chi connectivity index (χ4v) is 2.55. The zero-order valence-electron chi connectivity index (χ0n) is 9.74. The molecule has 0 amide bonds. The number of nitrogens with one attached hydrogen (secondary N) is 1. The smallest absolute Gasteiger partial charge is 0.0294 e. The maximum atomic E-state index is 3.73. The topological polar surface area (TPSA) is 12.0 Å². The molecule has 1 nitrogen and oxygen atoms in total.